The van der Waals surface area contributed by atoms with Crippen molar-refractivity contribution in [3.63, 3.8) is 0 Å². The van der Waals surface area contributed by atoms with E-state index >= 15 is 0 Å². The highest BCUT2D eigenvalue weighted by molar-refractivity contribution is 7.14. The molecule has 0 amide bonds. The van der Waals surface area contributed by atoms with Crippen LogP contribution in [0.3, 0.4) is 0 Å². The third kappa shape index (κ3) is 1.97. The zero-order valence-electron chi connectivity index (χ0n) is 7.99. The number of thiophene rings is 1. The van der Waals surface area contributed by atoms with Gasteiger partial charge in [0.1, 0.15) is 0 Å². The van der Waals surface area contributed by atoms with E-state index in [9.17, 15) is 5.11 Å². The average Bonchev–Trinajstić information content (AvgIpc) is 2.66. The number of nitrogens with one attached hydrogen (secondary N) is 1. The molecule has 0 radical (unpaired) electrons. The Kier molecular flexibility index (Phi) is 2.86. The van der Waals surface area contributed by atoms with Crippen LogP contribution in [-0.2, 0) is 0 Å². The molecule has 1 aromatic rings. The monoisotopic (exact) mass is 211 g/mol. The van der Waals surface area contributed by atoms with Crippen molar-refractivity contribution in [3.8, 4) is 5.06 Å². The fraction of sp³-hybridized carbons (Fsp3) is 0.400. The first kappa shape index (κ1) is 9.71. The molecule has 0 aliphatic carbocycles. The first-order valence-corrected chi connectivity index (χ1v) is 5.35. The number of rotatable bonds is 2. The van der Waals surface area contributed by atoms with E-state index in [1.807, 2.05) is 18.2 Å². The molecule has 1 aliphatic rings. The van der Waals surface area contributed by atoms with Crippen LogP contribution in [0.1, 0.15) is 4.88 Å². The van der Waals surface area contributed by atoms with E-state index in [-0.39, 0.29) is 6.10 Å². The summed E-state index contributed by atoms with van der Waals surface area (Å²) in [4.78, 5) is 1.16. The molecule has 2 N–H and O–H groups in total. The van der Waals surface area contributed by atoms with Crippen LogP contribution in [0.25, 0.3) is 5.57 Å². The number of methoxy groups -OCH3 is 1. The third-order valence-corrected chi connectivity index (χ3v) is 3.28. The topological polar surface area (TPSA) is 41.5 Å². The van der Waals surface area contributed by atoms with Crippen molar-refractivity contribution in [1.29, 1.82) is 0 Å². The Bertz CT molecular complexity index is 346. The molecular weight excluding hydrogens is 198 g/mol. The van der Waals surface area contributed by atoms with Crippen molar-refractivity contribution < 1.29 is 9.84 Å². The largest absolute Gasteiger partial charge is 0.487 e. The molecule has 0 fully saturated rings. The van der Waals surface area contributed by atoms with Crippen LogP contribution >= 0.6 is 11.3 Å². The van der Waals surface area contributed by atoms with Gasteiger partial charge >= 0.3 is 0 Å². The second kappa shape index (κ2) is 4.13. The molecular formula is C10H13NO2S. The zero-order chi connectivity index (χ0) is 9.97. The van der Waals surface area contributed by atoms with Gasteiger partial charge in [-0.15, -0.1) is 0 Å². The second-order valence-electron chi connectivity index (χ2n) is 3.21. The van der Waals surface area contributed by atoms with Gasteiger partial charge in [0.2, 0.25) is 0 Å². The lowest BCUT2D eigenvalue weighted by Crippen LogP contribution is -2.31. The molecule has 1 aliphatic heterocycles. The molecule has 3 nitrogen and oxygen atoms in total. The molecule has 0 bridgehead atoms. The lowest BCUT2D eigenvalue weighted by atomic mass is 10.1. The van der Waals surface area contributed by atoms with E-state index < -0.39 is 0 Å². The summed E-state index contributed by atoms with van der Waals surface area (Å²) in [6.45, 7) is 1.47. The predicted octanol–water partition coefficient (Wildman–Crippen LogP) is 1.10. The standard InChI is InChI=1S/C10H13NO2S/c1-13-10-3-2-9(14-10)7-4-8(12)6-11-5-7/h2-4,8,11-12H,5-6H2,1H3. The van der Waals surface area contributed by atoms with Gasteiger partial charge in [-0.2, -0.15) is 0 Å². The van der Waals surface area contributed by atoms with Crippen LogP contribution in [0.5, 0.6) is 5.06 Å². The minimum absolute atomic E-state index is 0.369. The molecule has 0 saturated heterocycles. The van der Waals surface area contributed by atoms with Crippen LogP contribution in [0.2, 0.25) is 0 Å². The third-order valence-electron chi connectivity index (χ3n) is 2.16. The lowest BCUT2D eigenvalue weighted by molar-refractivity contribution is 0.217. The van der Waals surface area contributed by atoms with Crippen LogP contribution < -0.4 is 10.1 Å². The molecule has 0 spiro atoms. The molecule has 2 rings (SSSR count). The number of hydrogen-bond acceptors (Lipinski definition) is 4. The Morgan fingerprint density at radius 1 is 1.57 bits per heavy atom. The molecule has 1 unspecified atom stereocenters. The van der Waals surface area contributed by atoms with Gasteiger partial charge in [0.05, 0.1) is 13.2 Å². The van der Waals surface area contributed by atoms with Gasteiger partial charge in [-0.05, 0) is 23.8 Å². The van der Waals surface area contributed by atoms with Crippen molar-refractivity contribution in [3.05, 3.63) is 23.1 Å². The maximum absolute atomic E-state index is 9.44. The van der Waals surface area contributed by atoms with Gasteiger partial charge in [-0.3, -0.25) is 0 Å². The average molecular weight is 211 g/mol. The Morgan fingerprint density at radius 2 is 2.43 bits per heavy atom. The minimum Gasteiger partial charge on any atom is -0.487 e. The van der Waals surface area contributed by atoms with Gasteiger partial charge in [0, 0.05) is 18.0 Å². The number of aliphatic hydroxyl groups excluding tert-OH is 1. The zero-order valence-corrected chi connectivity index (χ0v) is 8.80. The first-order chi connectivity index (χ1) is 6.79. The summed E-state index contributed by atoms with van der Waals surface area (Å²) < 4.78 is 5.12. The normalized spacial score (nSPS) is 21.9. The summed E-state index contributed by atoms with van der Waals surface area (Å²) in [5, 5.41) is 13.5. The Labute approximate surface area is 87.0 Å². The Morgan fingerprint density at radius 3 is 3.07 bits per heavy atom. The molecule has 76 valence electrons. The van der Waals surface area contributed by atoms with Crippen LogP contribution in [0.4, 0.5) is 0 Å². The summed E-state index contributed by atoms with van der Waals surface area (Å²) in [5.74, 6) is 0. The van der Waals surface area contributed by atoms with Crippen molar-refractivity contribution in [2.45, 2.75) is 6.10 Å². The fourth-order valence-electron chi connectivity index (χ4n) is 1.48. The van der Waals surface area contributed by atoms with Gasteiger partial charge in [-0.25, -0.2) is 0 Å². The number of ether oxygens (including phenoxy) is 1. The van der Waals surface area contributed by atoms with Gasteiger partial charge in [0.15, 0.2) is 5.06 Å². The lowest BCUT2D eigenvalue weighted by Gasteiger charge is -2.17. The van der Waals surface area contributed by atoms with Gasteiger partial charge in [0.25, 0.3) is 0 Å². The van der Waals surface area contributed by atoms with Crippen LogP contribution in [0.15, 0.2) is 18.2 Å². The van der Waals surface area contributed by atoms with Crippen molar-refractivity contribution in [1.82, 2.24) is 5.32 Å². The van der Waals surface area contributed by atoms with Gasteiger partial charge in [-0.1, -0.05) is 11.3 Å². The fourth-order valence-corrected chi connectivity index (χ4v) is 2.32. The minimum atomic E-state index is -0.369. The summed E-state index contributed by atoms with van der Waals surface area (Å²) in [6, 6.07) is 3.97. The van der Waals surface area contributed by atoms with Crippen molar-refractivity contribution in [2.24, 2.45) is 0 Å². The highest BCUT2D eigenvalue weighted by Gasteiger charge is 2.13. The van der Waals surface area contributed by atoms with Crippen molar-refractivity contribution in [2.75, 3.05) is 20.2 Å². The summed E-state index contributed by atoms with van der Waals surface area (Å²) in [6.07, 6.45) is 1.54. The van der Waals surface area contributed by atoms with E-state index in [2.05, 4.69) is 5.32 Å². The Hall–Kier alpha value is -0.840. The molecule has 0 saturated carbocycles. The molecule has 1 aromatic heterocycles. The summed E-state index contributed by atoms with van der Waals surface area (Å²) in [5.41, 5.74) is 1.15. The smallest absolute Gasteiger partial charge is 0.173 e. The van der Waals surface area contributed by atoms with E-state index in [0.717, 1.165) is 22.1 Å². The number of aliphatic hydroxyl groups is 1. The highest BCUT2D eigenvalue weighted by Crippen LogP contribution is 2.30. The molecule has 1 atom stereocenters. The molecule has 4 heteroatoms. The summed E-state index contributed by atoms with van der Waals surface area (Å²) >= 11 is 1.60. The molecule has 2 heterocycles. The van der Waals surface area contributed by atoms with E-state index in [0.29, 0.717) is 6.54 Å². The van der Waals surface area contributed by atoms with Crippen molar-refractivity contribution >= 4 is 16.9 Å². The quantitative estimate of drug-likeness (QED) is 0.770. The SMILES string of the molecule is COc1ccc(C2=CC(O)CNC2)s1. The van der Waals surface area contributed by atoms with E-state index in [1.165, 1.54) is 0 Å². The predicted molar refractivity (Wildman–Crippen MR) is 57.7 cm³/mol. The van der Waals surface area contributed by atoms with Crippen LogP contribution in [-0.4, -0.2) is 31.4 Å². The first-order valence-electron chi connectivity index (χ1n) is 4.53. The number of hydrogen-bond donors (Lipinski definition) is 2. The maximum atomic E-state index is 9.44. The number of β-amino-alcohol motifs (C(OH)–C–C–N with tert-alkyl or cyclic N) is 1. The maximum Gasteiger partial charge on any atom is 0.173 e. The summed E-state index contributed by atoms with van der Waals surface area (Å²) in [7, 11) is 1.66. The Balaban J connectivity index is 2.21. The van der Waals surface area contributed by atoms with Crippen LogP contribution in [0, 0.1) is 0 Å². The van der Waals surface area contributed by atoms with E-state index in [4.69, 9.17) is 4.74 Å². The second-order valence-corrected chi connectivity index (χ2v) is 4.26. The van der Waals surface area contributed by atoms with E-state index in [1.54, 1.807) is 18.4 Å². The molecule has 0 aromatic carbocycles. The van der Waals surface area contributed by atoms with Gasteiger partial charge < -0.3 is 15.2 Å². The molecule has 14 heavy (non-hydrogen) atoms. The highest BCUT2D eigenvalue weighted by atomic mass is 32.1.